The van der Waals surface area contributed by atoms with Crippen LogP contribution in [0.25, 0.3) is 21.6 Å². The first kappa shape index (κ1) is 12.3. The second-order valence-electron chi connectivity index (χ2n) is 4.24. The van der Waals surface area contributed by atoms with Crippen molar-refractivity contribution in [1.29, 1.82) is 0 Å². The van der Waals surface area contributed by atoms with Gasteiger partial charge in [-0.1, -0.05) is 11.6 Å². The number of fused-ring (bicyclic) bond motifs is 1. The minimum atomic E-state index is 0.460. The first-order valence-corrected chi connectivity index (χ1v) is 6.91. The van der Waals surface area contributed by atoms with Gasteiger partial charge >= 0.3 is 0 Å². The quantitative estimate of drug-likeness (QED) is 0.743. The van der Waals surface area contributed by atoms with Crippen LogP contribution in [-0.2, 0) is 0 Å². The number of halogens is 1. The molecule has 2 N–H and O–H groups in total. The molecule has 2 heterocycles. The van der Waals surface area contributed by atoms with Crippen molar-refractivity contribution in [1.82, 2.24) is 15.0 Å². The van der Waals surface area contributed by atoms with Crippen molar-refractivity contribution in [2.75, 3.05) is 5.73 Å². The molecule has 0 radical (unpaired) electrons. The van der Waals surface area contributed by atoms with Crippen LogP contribution >= 0.6 is 22.9 Å². The second-order valence-corrected chi connectivity index (χ2v) is 5.88. The van der Waals surface area contributed by atoms with Gasteiger partial charge in [0, 0.05) is 10.4 Å². The lowest BCUT2D eigenvalue weighted by Crippen LogP contribution is -1.97. The van der Waals surface area contributed by atoms with Crippen LogP contribution in [-0.4, -0.2) is 15.0 Å². The van der Waals surface area contributed by atoms with E-state index in [0.717, 1.165) is 26.5 Å². The Labute approximate surface area is 119 Å². The van der Waals surface area contributed by atoms with Gasteiger partial charge in [-0.05, 0) is 32.0 Å². The number of hydrogen-bond acceptors (Lipinski definition) is 5. The molecule has 0 atom stereocenters. The van der Waals surface area contributed by atoms with Gasteiger partial charge in [-0.2, -0.15) is 0 Å². The Balaban J connectivity index is 2.28. The van der Waals surface area contributed by atoms with Crippen LogP contribution in [0.2, 0.25) is 5.02 Å². The van der Waals surface area contributed by atoms with E-state index in [1.807, 2.05) is 19.9 Å². The maximum Gasteiger partial charge on any atom is 0.174 e. The average molecular weight is 291 g/mol. The molecule has 19 heavy (non-hydrogen) atoms. The smallest absolute Gasteiger partial charge is 0.174 e. The maximum atomic E-state index is 5.99. The van der Waals surface area contributed by atoms with E-state index in [9.17, 15) is 0 Å². The third-order valence-corrected chi connectivity index (χ3v) is 4.10. The number of nitrogen functional groups attached to an aromatic ring is 1. The normalized spacial score (nSPS) is 11.1. The van der Waals surface area contributed by atoms with Gasteiger partial charge in [0.05, 0.1) is 21.1 Å². The fourth-order valence-corrected chi connectivity index (χ4v) is 2.99. The minimum Gasteiger partial charge on any atom is -0.383 e. The average Bonchev–Trinajstić information content (AvgIpc) is 2.67. The molecule has 0 fully saturated rings. The number of nitrogens with zero attached hydrogens (tertiary/aromatic N) is 3. The Morgan fingerprint density at radius 3 is 2.63 bits per heavy atom. The number of hydrogen-bond donors (Lipinski definition) is 1. The number of benzene rings is 1. The van der Waals surface area contributed by atoms with Gasteiger partial charge in [-0.3, -0.25) is 0 Å². The lowest BCUT2D eigenvalue weighted by molar-refractivity contribution is 1.18. The van der Waals surface area contributed by atoms with Crippen molar-refractivity contribution in [2.45, 2.75) is 13.8 Å². The van der Waals surface area contributed by atoms with E-state index < -0.39 is 0 Å². The fraction of sp³-hybridized carbons (Fsp3) is 0.154. The molecule has 3 rings (SSSR count). The molecule has 0 spiro atoms. The zero-order valence-corrected chi connectivity index (χ0v) is 12.0. The van der Waals surface area contributed by atoms with Crippen LogP contribution in [0, 0.1) is 13.8 Å². The SMILES string of the molecule is Cc1nc(C)c(-c2nc(N)c3ccc(Cl)cc3n2)s1. The summed E-state index contributed by atoms with van der Waals surface area (Å²) in [6.45, 7) is 3.91. The highest BCUT2D eigenvalue weighted by Gasteiger charge is 2.13. The Hall–Kier alpha value is -1.72. The molecule has 3 aromatic rings. The zero-order chi connectivity index (χ0) is 13.6. The van der Waals surface area contributed by atoms with Gasteiger partial charge in [0.25, 0.3) is 0 Å². The van der Waals surface area contributed by atoms with Crippen molar-refractivity contribution >= 4 is 39.7 Å². The second kappa shape index (κ2) is 4.43. The molecule has 4 nitrogen and oxygen atoms in total. The number of nitrogens with two attached hydrogens (primary N) is 1. The van der Waals surface area contributed by atoms with Gasteiger partial charge < -0.3 is 5.73 Å². The van der Waals surface area contributed by atoms with E-state index in [1.54, 1.807) is 23.5 Å². The summed E-state index contributed by atoms with van der Waals surface area (Å²) >= 11 is 7.56. The summed E-state index contributed by atoms with van der Waals surface area (Å²) in [5.74, 6) is 1.07. The minimum absolute atomic E-state index is 0.460. The number of anilines is 1. The van der Waals surface area contributed by atoms with Crippen LogP contribution in [0.15, 0.2) is 18.2 Å². The first-order chi connectivity index (χ1) is 9.04. The number of aromatic nitrogens is 3. The van der Waals surface area contributed by atoms with Crippen molar-refractivity contribution in [3.05, 3.63) is 33.9 Å². The topological polar surface area (TPSA) is 64.7 Å². The molecule has 0 aliphatic carbocycles. The molecule has 6 heteroatoms. The Morgan fingerprint density at radius 1 is 1.16 bits per heavy atom. The summed E-state index contributed by atoms with van der Waals surface area (Å²) in [4.78, 5) is 14.2. The van der Waals surface area contributed by atoms with Crippen LogP contribution in [0.5, 0.6) is 0 Å². The lowest BCUT2D eigenvalue weighted by atomic mass is 10.2. The van der Waals surface area contributed by atoms with E-state index >= 15 is 0 Å². The molecule has 0 amide bonds. The Bertz CT molecular complexity index is 782. The van der Waals surface area contributed by atoms with Gasteiger partial charge in [-0.25, -0.2) is 15.0 Å². The van der Waals surface area contributed by atoms with Crippen molar-refractivity contribution in [2.24, 2.45) is 0 Å². The van der Waals surface area contributed by atoms with Crippen molar-refractivity contribution < 1.29 is 0 Å². The highest BCUT2D eigenvalue weighted by molar-refractivity contribution is 7.15. The van der Waals surface area contributed by atoms with Gasteiger partial charge in [0.2, 0.25) is 0 Å². The third kappa shape index (κ3) is 2.15. The van der Waals surface area contributed by atoms with Crippen molar-refractivity contribution in [3.8, 4) is 10.7 Å². The molecule has 2 aromatic heterocycles. The predicted molar refractivity (Wildman–Crippen MR) is 79.5 cm³/mol. The van der Waals surface area contributed by atoms with E-state index in [-0.39, 0.29) is 0 Å². The Kier molecular flexibility index (Phi) is 2.88. The highest BCUT2D eigenvalue weighted by Crippen LogP contribution is 2.30. The summed E-state index contributed by atoms with van der Waals surface area (Å²) in [7, 11) is 0. The van der Waals surface area contributed by atoms with Gasteiger partial charge in [0.1, 0.15) is 5.82 Å². The fourth-order valence-electron chi connectivity index (χ4n) is 1.97. The van der Waals surface area contributed by atoms with E-state index in [2.05, 4.69) is 15.0 Å². The summed E-state index contributed by atoms with van der Waals surface area (Å²) in [6, 6.07) is 5.41. The van der Waals surface area contributed by atoms with Crippen LogP contribution < -0.4 is 5.73 Å². The van der Waals surface area contributed by atoms with E-state index in [4.69, 9.17) is 17.3 Å². The van der Waals surface area contributed by atoms with E-state index in [1.165, 1.54) is 0 Å². The first-order valence-electron chi connectivity index (χ1n) is 5.72. The van der Waals surface area contributed by atoms with Crippen LogP contribution in [0.1, 0.15) is 10.7 Å². The van der Waals surface area contributed by atoms with Gasteiger partial charge in [-0.15, -0.1) is 11.3 Å². The maximum absolute atomic E-state index is 5.99. The molecular formula is C13H11ClN4S. The molecule has 0 aliphatic heterocycles. The number of thiazole rings is 1. The largest absolute Gasteiger partial charge is 0.383 e. The lowest BCUT2D eigenvalue weighted by Gasteiger charge is -2.04. The summed E-state index contributed by atoms with van der Waals surface area (Å²) < 4.78 is 0. The Morgan fingerprint density at radius 2 is 1.95 bits per heavy atom. The van der Waals surface area contributed by atoms with E-state index in [0.29, 0.717) is 16.7 Å². The monoisotopic (exact) mass is 290 g/mol. The van der Waals surface area contributed by atoms with Gasteiger partial charge in [0.15, 0.2) is 5.82 Å². The van der Waals surface area contributed by atoms with Crippen LogP contribution in [0.3, 0.4) is 0 Å². The van der Waals surface area contributed by atoms with Crippen molar-refractivity contribution in [3.63, 3.8) is 0 Å². The summed E-state index contributed by atoms with van der Waals surface area (Å²) in [5, 5.41) is 2.43. The molecule has 0 aliphatic rings. The van der Waals surface area contributed by atoms with Crippen LogP contribution in [0.4, 0.5) is 5.82 Å². The number of aryl methyl sites for hydroxylation is 2. The summed E-state index contributed by atoms with van der Waals surface area (Å²) in [6.07, 6.45) is 0. The predicted octanol–water partition coefficient (Wildman–Crippen LogP) is 3.61. The third-order valence-electron chi connectivity index (χ3n) is 2.80. The highest BCUT2D eigenvalue weighted by atomic mass is 35.5. The molecule has 0 unspecified atom stereocenters. The zero-order valence-electron chi connectivity index (χ0n) is 10.4. The number of rotatable bonds is 1. The molecule has 0 saturated heterocycles. The molecule has 0 saturated carbocycles. The molecule has 0 bridgehead atoms. The summed E-state index contributed by atoms with van der Waals surface area (Å²) in [5.41, 5.74) is 7.66. The molecule has 96 valence electrons. The molecular weight excluding hydrogens is 280 g/mol. The molecule has 1 aromatic carbocycles. The standard InChI is InChI=1S/C13H11ClN4S/c1-6-11(19-7(2)16-6)13-17-10-5-8(14)3-4-9(10)12(15)18-13/h3-5H,1-2H3,(H2,15,17,18).